The second-order valence-corrected chi connectivity index (χ2v) is 4.11. The van der Waals surface area contributed by atoms with Gasteiger partial charge in [-0.25, -0.2) is 0 Å². The zero-order chi connectivity index (χ0) is 9.19. The molecule has 0 aromatic carbocycles. The van der Waals surface area contributed by atoms with Crippen LogP contribution in [-0.4, -0.2) is 17.5 Å². The maximum atomic E-state index is 11.0. The Balaban J connectivity index is 2.42. The molecule has 0 aromatic heterocycles. The molecule has 0 saturated heterocycles. The van der Waals surface area contributed by atoms with Gasteiger partial charge < -0.3 is 11.1 Å². The minimum atomic E-state index is -0.547. The van der Waals surface area contributed by atoms with Crippen LogP contribution < -0.4 is 11.1 Å². The van der Waals surface area contributed by atoms with Crippen LogP contribution in [0.5, 0.6) is 0 Å². The summed E-state index contributed by atoms with van der Waals surface area (Å²) < 4.78 is 0. The summed E-state index contributed by atoms with van der Waals surface area (Å²) in [6, 6.07) is 0.493. The fourth-order valence-corrected chi connectivity index (χ4v) is 1.65. The average Bonchev–Trinajstić information content (AvgIpc) is 2.38. The van der Waals surface area contributed by atoms with Crippen molar-refractivity contribution in [2.45, 2.75) is 51.1 Å². The van der Waals surface area contributed by atoms with Crippen LogP contribution in [0.2, 0.25) is 0 Å². The Bertz CT molecular complexity index is 171. The molecule has 70 valence electrons. The topological polar surface area (TPSA) is 55.1 Å². The van der Waals surface area contributed by atoms with Gasteiger partial charge in [0, 0.05) is 6.04 Å². The third-order valence-corrected chi connectivity index (χ3v) is 2.54. The van der Waals surface area contributed by atoms with Crippen LogP contribution in [0.25, 0.3) is 0 Å². The van der Waals surface area contributed by atoms with Crippen LogP contribution in [0.15, 0.2) is 0 Å². The van der Waals surface area contributed by atoms with E-state index < -0.39 is 5.54 Å². The minimum Gasteiger partial charge on any atom is -0.368 e. The molecular weight excluding hydrogens is 152 g/mol. The standard InChI is InChI=1S/C9H18N2O/c1-9(2,8(10)12)11-7-5-3-4-6-7/h7,11H,3-6H2,1-2H3,(H2,10,12). The van der Waals surface area contributed by atoms with E-state index >= 15 is 0 Å². The highest BCUT2D eigenvalue weighted by Gasteiger charge is 2.28. The van der Waals surface area contributed by atoms with Crippen LogP contribution in [0.3, 0.4) is 0 Å². The van der Waals surface area contributed by atoms with E-state index in [1.54, 1.807) is 0 Å². The van der Waals surface area contributed by atoms with Crippen molar-refractivity contribution in [3.8, 4) is 0 Å². The summed E-state index contributed by atoms with van der Waals surface area (Å²) in [6.45, 7) is 3.68. The van der Waals surface area contributed by atoms with Gasteiger partial charge in [0.1, 0.15) is 0 Å². The first-order chi connectivity index (χ1) is 5.52. The van der Waals surface area contributed by atoms with E-state index in [9.17, 15) is 4.79 Å². The smallest absolute Gasteiger partial charge is 0.237 e. The molecule has 3 nitrogen and oxygen atoms in total. The average molecular weight is 170 g/mol. The van der Waals surface area contributed by atoms with Gasteiger partial charge in [-0.2, -0.15) is 0 Å². The summed E-state index contributed by atoms with van der Waals surface area (Å²) in [5.74, 6) is -0.269. The lowest BCUT2D eigenvalue weighted by atomic mass is 10.0. The van der Waals surface area contributed by atoms with Crippen molar-refractivity contribution >= 4 is 5.91 Å². The van der Waals surface area contributed by atoms with Gasteiger partial charge in [-0.05, 0) is 26.7 Å². The molecule has 0 radical (unpaired) electrons. The van der Waals surface area contributed by atoms with E-state index in [4.69, 9.17) is 5.73 Å². The molecule has 3 heteroatoms. The van der Waals surface area contributed by atoms with Gasteiger partial charge >= 0.3 is 0 Å². The van der Waals surface area contributed by atoms with Crippen LogP contribution in [0.1, 0.15) is 39.5 Å². The van der Waals surface area contributed by atoms with E-state index in [1.807, 2.05) is 13.8 Å². The van der Waals surface area contributed by atoms with Crippen molar-refractivity contribution in [3.63, 3.8) is 0 Å². The third kappa shape index (κ3) is 2.21. The minimum absolute atomic E-state index is 0.269. The number of hydrogen-bond acceptors (Lipinski definition) is 2. The third-order valence-electron chi connectivity index (χ3n) is 2.54. The van der Waals surface area contributed by atoms with Crippen molar-refractivity contribution in [1.29, 1.82) is 0 Å². The number of nitrogens with one attached hydrogen (secondary N) is 1. The molecule has 0 spiro atoms. The number of hydrogen-bond donors (Lipinski definition) is 2. The van der Waals surface area contributed by atoms with Crippen molar-refractivity contribution in [2.75, 3.05) is 0 Å². The largest absolute Gasteiger partial charge is 0.368 e. The number of amides is 1. The SMILES string of the molecule is CC(C)(NC1CCCC1)C(N)=O. The molecule has 1 aliphatic carbocycles. The maximum absolute atomic E-state index is 11.0. The zero-order valence-corrected chi connectivity index (χ0v) is 7.89. The van der Waals surface area contributed by atoms with Crippen LogP contribution >= 0.6 is 0 Å². The molecule has 3 N–H and O–H groups in total. The molecule has 1 aliphatic rings. The normalized spacial score (nSPS) is 19.8. The molecule has 1 saturated carbocycles. The number of primary amides is 1. The summed E-state index contributed by atoms with van der Waals surface area (Å²) in [4.78, 5) is 11.0. The first kappa shape index (κ1) is 9.52. The zero-order valence-electron chi connectivity index (χ0n) is 7.89. The molecule has 1 amide bonds. The highest BCUT2D eigenvalue weighted by atomic mass is 16.1. The van der Waals surface area contributed by atoms with Crippen LogP contribution in [0, 0.1) is 0 Å². The summed E-state index contributed by atoms with van der Waals surface area (Å²) in [7, 11) is 0. The Kier molecular flexibility index (Phi) is 2.73. The van der Waals surface area contributed by atoms with Crippen molar-refractivity contribution in [2.24, 2.45) is 5.73 Å². The van der Waals surface area contributed by atoms with E-state index in [0.717, 1.165) is 0 Å². The fraction of sp³-hybridized carbons (Fsp3) is 0.889. The maximum Gasteiger partial charge on any atom is 0.237 e. The number of carbonyl (C=O) groups excluding carboxylic acids is 1. The molecule has 1 fully saturated rings. The lowest BCUT2D eigenvalue weighted by molar-refractivity contribution is -0.123. The molecule has 0 atom stereocenters. The molecule has 12 heavy (non-hydrogen) atoms. The Morgan fingerprint density at radius 2 is 1.92 bits per heavy atom. The van der Waals surface area contributed by atoms with Crippen molar-refractivity contribution in [1.82, 2.24) is 5.32 Å². The molecule has 0 heterocycles. The highest BCUT2D eigenvalue weighted by molar-refractivity contribution is 5.83. The monoisotopic (exact) mass is 170 g/mol. The molecule has 1 rings (SSSR count). The highest BCUT2D eigenvalue weighted by Crippen LogP contribution is 2.20. The van der Waals surface area contributed by atoms with E-state index in [2.05, 4.69) is 5.32 Å². The Hall–Kier alpha value is -0.570. The quantitative estimate of drug-likeness (QED) is 0.657. The van der Waals surface area contributed by atoms with Gasteiger partial charge in [-0.3, -0.25) is 4.79 Å². The molecule has 0 aromatic rings. The predicted molar refractivity (Wildman–Crippen MR) is 48.7 cm³/mol. The lowest BCUT2D eigenvalue weighted by Crippen LogP contribution is -2.53. The Labute approximate surface area is 73.7 Å². The Morgan fingerprint density at radius 3 is 2.33 bits per heavy atom. The molecule has 0 aliphatic heterocycles. The second kappa shape index (κ2) is 3.44. The first-order valence-electron chi connectivity index (χ1n) is 4.60. The fourth-order valence-electron chi connectivity index (χ4n) is 1.65. The van der Waals surface area contributed by atoms with Gasteiger partial charge in [0.05, 0.1) is 5.54 Å². The van der Waals surface area contributed by atoms with E-state index in [0.29, 0.717) is 6.04 Å². The first-order valence-corrected chi connectivity index (χ1v) is 4.60. The van der Waals surface area contributed by atoms with Gasteiger partial charge in [0.2, 0.25) is 5.91 Å². The van der Waals surface area contributed by atoms with Gasteiger partial charge in [0.15, 0.2) is 0 Å². The Morgan fingerprint density at radius 1 is 1.42 bits per heavy atom. The van der Waals surface area contributed by atoms with Crippen molar-refractivity contribution < 1.29 is 4.79 Å². The summed E-state index contributed by atoms with van der Waals surface area (Å²) in [6.07, 6.45) is 4.90. The van der Waals surface area contributed by atoms with Crippen LogP contribution in [-0.2, 0) is 4.79 Å². The number of carbonyl (C=O) groups is 1. The van der Waals surface area contributed by atoms with Gasteiger partial charge in [-0.1, -0.05) is 12.8 Å². The summed E-state index contributed by atoms with van der Waals surface area (Å²) in [5.41, 5.74) is 4.70. The summed E-state index contributed by atoms with van der Waals surface area (Å²) in [5, 5.41) is 3.28. The van der Waals surface area contributed by atoms with Gasteiger partial charge in [0.25, 0.3) is 0 Å². The van der Waals surface area contributed by atoms with E-state index in [1.165, 1.54) is 25.7 Å². The molecule has 0 unspecified atom stereocenters. The number of nitrogens with two attached hydrogens (primary N) is 1. The lowest BCUT2D eigenvalue weighted by Gasteiger charge is -2.26. The molecule has 0 bridgehead atoms. The van der Waals surface area contributed by atoms with E-state index in [-0.39, 0.29) is 5.91 Å². The molecular formula is C9H18N2O. The van der Waals surface area contributed by atoms with Gasteiger partial charge in [-0.15, -0.1) is 0 Å². The van der Waals surface area contributed by atoms with Crippen molar-refractivity contribution in [3.05, 3.63) is 0 Å². The van der Waals surface area contributed by atoms with Crippen LogP contribution in [0.4, 0.5) is 0 Å². The predicted octanol–water partition coefficient (Wildman–Crippen LogP) is 0.782. The second-order valence-electron chi connectivity index (χ2n) is 4.11. The summed E-state index contributed by atoms with van der Waals surface area (Å²) >= 11 is 0. The number of rotatable bonds is 3.